The second-order valence-electron chi connectivity index (χ2n) is 27.2. The Hall–Kier alpha value is -5.19. The molecule has 22 heteroatoms. The van der Waals surface area contributed by atoms with E-state index in [0.717, 1.165) is 11.3 Å². The molecule has 0 spiro atoms. The van der Waals surface area contributed by atoms with E-state index in [9.17, 15) is 39.0 Å². The zero-order valence-electron chi connectivity index (χ0n) is 58.0. The first kappa shape index (κ1) is 80.8. The Labute approximate surface area is 518 Å². The molecule has 0 fully saturated rings. The third kappa shape index (κ3) is 23.7. The van der Waals surface area contributed by atoms with Crippen LogP contribution in [0.15, 0.2) is 12.2 Å². The molecule has 0 saturated heterocycles. The molecule has 0 bridgehead atoms. The van der Waals surface area contributed by atoms with Crippen molar-refractivity contribution in [3.8, 4) is 0 Å². The molecule has 0 aliphatic heterocycles. The van der Waals surface area contributed by atoms with E-state index in [1.54, 1.807) is 48.7 Å². The van der Waals surface area contributed by atoms with Gasteiger partial charge in [-0.25, -0.2) is 0 Å². The zero-order valence-corrected chi connectivity index (χ0v) is 58.0. The van der Waals surface area contributed by atoms with Crippen molar-refractivity contribution in [1.82, 2.24) is 50.2 Å². The number of nitrogens with one attached hydrogen (secondary N) is 3. The van der Waals surface area contributed by atoms with Crippen LogP contribution in [0, 0.1) is 46.8 Å². The van der Waals surface area contributed by atoms with Gasteiger partial charge in [0.2, 0.25) is 53.2 Å². The van der Waals surface area contributed by atoms with Gasteiger partial charge in [-0.2, -0.15) is 0 Å². The van der Waals surface area contributed by atoms with Crippen molar-refractivity contribution in [1.29, 1.82) is 0 Å². The monoisotopic (exact) mass is 1220 g/mol. The summed E-state index contributed by atoms with van der Waals surface area (Å²) in [5.41, 5.74) is 5.59. The van der Waals surface area contributed by atoms with E-state index < -0.39 is 120 Å². The van der Waals surface area contributed by atoms with Gasteiger partial charge in [-0.3, -0.25) is 48.1 Å². The highest BCUT2D eigenvalue weighted by molar-refractivity contribution is 5.98. The lowest BCUT2D eigenvalue weighted by Gasteiger charge is -2.41. The van der Waals surface area contributed by atoms with Crippen LogP contribution in [0.25, 0.3) is 0 Å². The molecule has 9 amide bonds. The van der Waals surface area contributed by atoms with E-state index in [-0.39, 0.29) is 79.2 Å². The molecule has 0 aliphatic carbocycles. The molecule has 0 aliphatic rings. The SMILES string of the molecule is C/C=C\C[C@@H](C)[C@H](O)C(C(=O)N[C@@H](CC)C(=O)N(C)CCN(C)[C@@H](C(N)O)C(C)CC)N(C)C(=O)[C@@H](C(C)C)N(C)C(=O)[C@@H](CC(C)C)N(C)C(=O)[C@@H](CC(C)C)N(C)C(=O)[C@H](C)NC(=O)[C@H](CC(C)C)NC(=O)[C@H](C)N(C)C(=O)[C@H](C)C(C)(C)C. The van der Waals surface area contributed by atoms with Crippen molar-refractivity contribution in [2.24, 2.45) is 52.6 Å². The molecule has 3 unspecified atom stereocenters. The molecular weight excluding hydrogens is 1100 g/mol. The smallest absolute Gasteiger partial charge is 0.246 e. The number of likely N-dealkylation sites (N-methyl/N-ethyl adjacent to an activating group) is 7. The fourth-order valence-electron chi connectivity index (χ4n) is 10.7. The Balaban J connectivity index is 7.09. The van der Waals surface area contributed by atoms with Crippen LogP contribution in [0.2, 0.25) is 0 Å². The van der Waals surface area contributed by atoms with Gasteiger partial charge in [-0.1, -0.05) is 129 Å². The van der Waals surface area contributed by atoms with E-state index >= 15 is 14.4 Å². The van der Waals surface area contributed by atoms with Crippen LogP contribution in [0.3, 0.4) is 0 Å². The number of hydrogen-bond acceptors (Lipinski definition) is 13. The van der Waals surface area contributed by atoms with Crippen LogP contribution in [0.1, 0.15) is 170 Å². The topological polar surface area (TPSA) is 279 Å². The highest BCUT2D eigenvalue weighted by Crippen LogP contribution is 2.28. The van der Waals surface area contributed by atoms with Gasteiger partial charge in [0.05, 0.1) is 12.1 Å². The highest BCUT2D eigenvalue weighted by Gasteiger charge is 2.45. The lowest BCUT2D eigenvalue weighted by Crippen LogP contribution is -2.63. The largest absolute Gasteiger partial charge is 0.390 e. The van der Waals surface area contributed by atoms with Crippen LogP contribution in [0.4, 0.5) is 0 Å². The Kier molecular flexibility index (Phi) is 34.7. The number of rotatable bonds is 36. The zero-order chi connectivity index (χ0) is 67.3. The minimum Gasteiger partial charge on any atom is -0.390 e. The van der Waals surface area contributed by atoms with Gasteiger partial charge in [0.15, 0.2) is 0 Å². The number of hydrogen-bond donors (Lipinski definition) is 6. The maximum absolute atomic E-state index is 15.2. The molecule has 7 N–H and O–H groups in total. The number of allylic oxidation sites excluding steroid dienone is 2. The average molecular weight is 1220 g/mol. The summed E-state index contributed by atoms with van der Waals surface area (Å²) in [6, 6.07) is -9.51. The number of carbonyl (C=O) groups is 9. The van der Waals surface area contributed by atoms with Gasteiger partial charge in [0, 0.05) is 61.3 Å². The minimum absolute atomic E-state index is 0.0512. The van der Waals surface area contributed by atoms with E-state index in [0.29, 0.717) is 13.0 Å². The Morgan fingerprint density at radius 1 is 0.512 bits per heavy atom. The molecular formula is C64H121N11O11. The quantitative estimate of drug-likeness (QED) is 0.0372. The van der Waals surface area contributed by atoms with Crippen LogP contribution in [-0.4, -0.2) is 227 Å². The van der Waals surface area contributed by atoms with Crippen molar-refractivity contribution in [2.45, 2.75) is 237 Å². The summed E-state index contributed by atoms with van der Waals surface area (Å²) < 4.78 is 0. The molecule has 0 aromatic carbocycles. The number of aliphatic hydroxyl groups excluding tert-OH is 2. The van der Waals surface area contributed by atoms with E-state index in [1.165, 1.54) is 59.6 Å². The number of carbonyl (C=O) groups excluding carboxylic acids is 9. The molecule has 0 aromatic heterocycles. The summed E-state index contributed by atoms with van der Waals surface area (Å²) in [6.45, 7) is 35.5. The number of nitrogens with two attached hydrogens (primary N) is 1. The molecule has 0 aromatic rings. The van der Waals surface area contributed by atoms with E-state index in [4.69, 9.17) is 5.73 Å². The standard InChI is InChI=1S/C64H121N11O11/c1-27-30-31-42(13)53(76)52(57(80)67-46(29-3)60(83)70(21)33-32-69(20)51(54(65)77)41(12)28-2)75(26)63(86)50(40(10)11)74(25)62(85)49(36-39(8)9)73(24)61(84)48(35-38(6)7)72(23)59(82)44(15)66-56(79)47(34-37(4)5)68-55(78)45(16)71(22)58(81)43(14)64(17,18)19/h27,30,37-54,76-77H,28-29,31-36,65H2,1-26H3,(H,66,79)(H,67,80)(H,68,78)/b30-27-/t41?,42-,43+,44+,45+,46+,47+,48-,49-,50-,51-,52?,53+,54?/m1/s1. The first-order chi connectivity index (χ1) is 39.5. The highest BCUT2D eigenvalue weighted by atomic mass is 16.3. The fraction of sp³-hybridized carbons (Fsp3) is 0.828. The molecule has 0 heterocycles. The normalized spacial score (nSPS) is 17.0. The van der Waals surface area contributed by atoms with Gasteiger partial charge >= 0.3 is 0 Å². The number of amides is 9. The molecule has 0 rings (SSSR count). The van der Waals surface area contributed by atoms with Gasteiger partial charge in [-0.15, -0.1) is 0 Å². The van der Waals surface area contributed by atoms with Gasteiger partial charge in [-0.05, 0) is 101 Å². The summed E-state index contributed by atoms with van der Waals surface area (Å²) in [6.07, 6.45) is 3.03. The summed E-state index contributed by atoms with van der Waals surface area (Å²) in [7, 11) is 10.8. The van der Waals surface area contributed by atoms with Crippen LogP contribution in [0.5, 0.6) is 0 Å². The van der Waals surface area contributed by atoms with Crippen molar-refractivity contribution in [3.05, 3.63) is 12.2 Å². The fourth-order valence-corrected chi connectivity index (χ4v) is 10.7. The Morgan fingerprint density at radius 2 is 0.977 bits per heavy atom. The number of nitrogens with zero attached hydrogens (tertiary/aromatic N) is 7. The predicted octanol–water partition coefficient (Wildman–Crippen LogP) is 4.55. The summed E-state index contributed by atoms with van der Waals surface area (Å²) in [5.74, 6) is -6.68. The minimum atomic E-state index is -1.52. The summed E-state index contributed by atoms with van der Waals surface area (Å²) in [4.78, 5) is 139. The average Bonchev–Trinajstić information content (AvgIpc) is 1.53. The van der Waals surface area contributed by atoms with Crippen molar-refractivity contribution >= 4 is 53.2 Å². The molecule has 498 valence electrons. The first-order valence-corrected chi connectivity index (χ1v) is 31.4. The summed E-state index contributed by atoms with van der Waals surface area (Å²) in [5, 5.41) is 30.8. The second kappa shape index (κ2) is 37.0. The van der Waals surface area contributed by atoms with Gasteiger partial charge < -0.3 is 61.3 Å². The molecule has 22 nitrogen and oxygen atoms in total. The predicted molar refractivity (Wildman–Crippen MR) is 340 cm³/mol. The Bertz CT molecular complexity index is 2220. The van der Waals surface area contributed by atoms with E-state index in [2.05, 4.69) is 16.0 Å². The lowest BCUT2D eigenvalue weighted by atomic mass is 9.81. The van der Waals surface area contributed by atoms with Gasteiger partial charge in [0.1, 0.15) is 54.6 Å². The molecule has 0 radical (unpaired) electrons. The van der Waals surface area contributed by atoms with Gasteiger partial charge in [0.25, 0.3) is 0 Å². The molecule has 0 saturated carbocycles. The number of aliphatic hydroxyl groups is 2. The third-order valence-corrected chi connectivity index (χ3v) is 17.2. The maximum Gasteiger partial charge on any atom is 0.246 e. The third-order valence-electron chi connectivity index (χ3n) is 17.2. The summed E-state index contributed by atoms with van der Waals surface area (Å²) >= 11 is 0. The first-order valence-electron chi connectivity index (χ1n) is 31.4. The van der Waals surface area contributed by atoms with Crippen molar-refractivity contribution < 1.29 is 53.4 Å². The van der Waals surface area contributed by atoms with Crippen molar-refractivity contribution in [2.75, 3.05) is 62.4 Å². The second-order valence-corrected chi connectivity index (χ2v) is 27.2. The van der Waals surface area contributed by atoms with E-state index in [1.807, 2.05) is 114 Å². The maximum atomic E-state index is 15.2. The Morgan fingerprint density at radius 3 is 1.41 bits per heavy atom. The lowest BCUT2D eigenvalue weighted by molar-refractivity contribution is -0.157. The van der Waals surface area contributed by atoms with Crippen LogP contribution in [-0.2, 0) is 43.2 Å². The molecule has 14 atom stereocenters. The van der Waals surface area contributed by atoms with Crippen molar-refractivity contribution in [3.63, 3.8) is 0 Å². The van der Waals surface area contributed by atoms with Crippen LogP contribution < -0.4 is 21.7 Å². The van der Waals surface area contributed by atoms with Crippen LogP contribution >= 0.6 is 0 Å². The molecule has 86 heavy (non-hydrogen) atoms.